The Morgan fingerprint density at radius 3 is 2.35 bits per heavy atom. The molecule has 0 fully saturated rings. The number of halogens is 1. The van der Waals surface area contributed by atoms with Crippen LogP contribution in [-0.4, -0.2) is 7.11 Å². The minimum atomic E-state index is 0.616. The van der Waals surface area contributed by atoms with Crippen LogP contribution in [0.5, 0.6) is 5.75 Å². The Labute approximate surface area is 123 Å². The van der Waals surface area contributed by atoms with Crippen LogP contribution in [-0.2, 0) is 13.1 Å². The van der Waals surface area contributed by atoms with Crippen molar-refractivity contribution in [3.8, 4) is 11.8 Å². The molecule has 0 unspecified atom stereocenters. The minimum absolute atomic E-state index is 0.616. The fourth-order valence-electron chi connectivity index (χ4n) is 1.87. The van der Waals surface area contributed by atoms with E-state index in [1.165, 1.54) is 0 Å². The van der Waals surface area contributed by atoms with Crippen molar-refractivity contribution < 1.29 is 4.74 Å². The van der Waals surface area contributed by atoms with Crippen LogP contribution in [0.15, 0.2) is 42.5 Å². The lowest BCUT2D eigenvalue weighted by Gasteiger charge is -2.08. The third-order valence-electron chi connectivity index (χ3n) is 2.96. The monoisotopic (exact) mass is 286 g/mol. The third-order valence-corrected chi connectivity index (χ3v) is 3.25. The molecule has 2 aromatic carbocycles. The quantitative estimate of drug-likeness (QED) is 0.915. The number of nitrogens with zero attached hydrogens (tertiary/aromatic N) is 1. The second-order valence-electron chi connectivity index (χ2n) is 4.38. The molecule has 0 heterocycles. The van der Waals surface area contributed by atoms with E-state index in [9.17, 15) is 0 Å². The number of rotatable bonds is 5. The van der Waals surface area contributed by atoms with Gasteiger partial charge in [-0.3, -0.25) is 0 Å². The Balaban J connectivity index is 1.89. The maximum Gasteiger partial charge on any atom is 0.137 e. The Kier molecular flexibility index (Phi) is 5.00. The topological polar surface area (TPSA) is 45.0 Å². The molecule has 0 aliphatic heterocycles. The minimum Gasteiger partial charge on any atom is -0.495 e. The number of hydrogen-bond acceptors (Lipinski definition) is 3. The molecule has 0 aliphatic carbocycles. The summed E-state index contributed by atoms with van der Waals surface area (Å²) in [6.07, 6.45) is 0. The Morgan fingerprint density at radius 2 is 1.75 bits per heavy atom. The van der Waals surface area contributed by atoms with E-state index in [0.29, 0.717) is 16.3 Å². The number of nitriles is 1. The van der Waals surface area contributed by atoms with E-state index in [-0.39, 0.29) is 0 Å². The molecule has 0 atom stereocenters. The van der Waals surface area contributed by atoms with E-state index < -0.39 is 0 Å². The van der Waals surface area contributed by atoms with Gasteiger partial charge in [0.05, 0.1) is 23.8 Å². The van der Waals surface area contributed by atoms with Gasteiger partial charge in [-0.15, -0.1) is 0 Å². The maximum atomic E-state index is 8.73. The zero-order chi connectivity index (χ0) is 14.4. The van der Waals surface area contributed by atoms with Crippen molar-refractivity contribution in [3.05, 3.63) is 64.2 Å². The normalized spacial score (nSPS) is 10.1. The summed E-state index contributed by atoms with van der Waals surface area (Å²) in [4.78, 5) is 0. The summed E-state index contributed by atoms with van der Waals surface area (Å²) in [6.45, 7) is 1.47. The first-order valence-electron chi connectivity index (χ1n) is 6.25. The van der Waals surface area contributed by atoms with Crippen LogP contribution in [0.2, 0.25) is 5.02 Å². The lowest BCUT2D eigenvalue weighted by Crippen LogP contribution is -2.12. The molecular weight excluding hydrogens is 272 g/mol. The van der Waals surface area contributed by atoms with Crippen molar-refractivity contribution in [2.45, 2.75) is 13.1 Å². The second-order valence-corrected chi connectivity index (χ2v) is 4.79. The van der Waals surface area contributed by atoms with Crippen molar-refractivity contribution in [1.82, 2.24) is 5.32 Å². The van der Waals surface area contributed by atoms with Crippen molar-refractivity contribution in [2.75, 3.05) is 7.11 Å². The number of methoxy groups -OCH3 is 1. The highest BCUT2D eigenvalue weighted by Crippen LogP contribution is 2.24. The van der Waals surface area contributed by atoms with Crippen LogP contribution < -0.4 is 10.1 Å². The van der Waals surface area contributed by atoms with Gasteiger partial charge in [0.1, 0.15) is 5.75 Å². The smallest absolute Gasteiger partial charge is 0.137 e. The van der Waals surface area contributed by atoms with Gasteiger partial charge in [0.2, 0.25) is 0 Å². The van der Waals surface area contributed by atoms with Gasteiger partial charge < -0.3 is 10.1 Å². The molecule has 0 spiro atoms. The molecule has 2 rings (SSSR count). The zero-order valence-electron chi connectivity index (χ0n) is 11.2. The average molecular weight is 287 g/mol. The van der Waals surface area contributed by atoms with Crippen molar-refractivity contribution >= 4 is 11.6 Å². The Bertz CT molecular complexity index is 617. The SMILES string of the molecule is COc1ccc(CNCc2ccc(C#N)cc2)cc1Cl. The molecule has 0 saturated carbocycles. The maximum absolute atomic E-state index is 8.73. The van der Waals surface area contributed by atoms with Gasteiger partial charge in [-0.1, -0.05) is 29.8 Å². The largest absolute Gasteiger partial charge is 0.495 e. The first kappa shape index (κ1) is 14.4. The molecule has 3 nitrogen and oxygen atoms in total. The van der Waals surface area contributed by atoms with E-state index in [2.05, 4.69) is 11.4 Å². The van der Waals surface area contributed by atoms with E-state index in [0.717, 1.165) is 24.2 Å². The number of ether oxygens (including phenoxy) is 1. The Morgan fingerprint density at radius 1 is 1.10 bits per heavy atom. The molecule has 20 heavy (non-hydrogen) atoms. The second kappa shape index (κ2) is 6.95. The highest BCUT2D eigenvalue weighted by molar-refractivity contribution is 6.32. The summed E-state index contributed by atoms with van der Waals surface area (Å²) in [5.74, 6) is 0.683. The first-order valence-corrected chi connectivity index (χ1v) is 6.63. The summed E-state index contributed by atoms with van der Waals surface area (Å²) < 4.78 is 5.12. The van der Waals surface area contributed by atoms with Gasteiger partial charge in [0.15, 0.2) is 0 Å². The number of hydrogen-bond donors (Lipinski definition) is 1. The van der Waals surface area contributed by atoms with Crippen LogP contribution in [0.25, 0.3) is 0 Å². The first-order chi connectivity index (χ1) is 9.72. The molecule has 4 heteroatoms. The molecule has 0 aromatic heterocycles. The summed E-state index contributed by atoms with van der Waals surface area (Å²) >= 11 is 6.08. The predicted octanol–water partition coefficient (Wildman–Crippen LogP) is 3.51. The van der Waals surface area contributed by atoms with Crippen LogP contribution in [0.4, 0.5) is 0 Å². The van der Waals surface area contributed by atoms with E-state index in [1.54, 1.807) is 7.11 Å². The standard InChI is InChI=1S/C16H15ClN2O/c1-20-16-7-6-14(8-15(16)17)11-19-10-13-4-2-12(9-18)3-5-13/h2-8,19H,10-11H2,1H3. The molecule has 102 valence electrons. The van der Waals surface area contributed by atoms with Crippen molar-refractivity contribution in [1.29, 1.82) is 5.26 Å². The van der Waals surface area contributed by atoms with Gasteiger partial charge in [0, 0.05) is 13.1 Å². The summed E-state index contributed by atoms with van der Waals surface area (Å²) in [5, 5.41) is 12.7. The zero-order valence-corrected chi connectivity index (χ0v) is 11.9. The number of nitrogens with one attached hydrogen (secondary N) is 1. The lowest BCUT2D eigenvalue weighted by molar-refractivity contribution is 0.415. The summed E-state index contributed by atoms with van der Waals surface area (Å²) in [6, 6.07) is 15.4. The lowest BCUT2D eigenvalue weighted by atomic mass is 10.1. The van der Waals surface area contributed by atoms with E-state index in [4.69, 9.17) is 21.6 Å². The van der Waals surface area contributed by atoms with Crippen LogP contribution in [0.3, 0.4) is 0 Å². The van der Waals surface area contributed by atoms with Gasteiger partial charge in [-0.25, -0.2) is 0 Å². The summed E-state index contributed by atoms with van der Waals surface area (Å²) in [7, 11) is 1.60. The van der Waals surface area contributed by atoms with Crippen LogP contribution in [0.1, 0.15) is 16.7 Å². The van der Waals surface area contributed by atoms with E-state index in [1.807, 2.05) is 42.5 Å². The van der Waals surface area contributed by atoms with Crippen molar-refractivity contribution in [3.63, 3.8) is 0 Å². The van der Waals surface area contributed by atoms with Gasteiger partial charge >= 0.3 is 0 Å². The highest BCUT2D eigenvalue weighted by atomic mass is 35.5. The van der Waals surface area contributed by atoms with Crippen LogP contribution >= 0.6 is 11.6 Å². The fraction of sp³-hybridized carbons (Fsp3) is 0.188. The third kappa shape index (κ3) is 3.74. The predicted molar refractivity (Wildman–Crippen MR) is 79.7 cm³/mol. The molecule has 2 aromatic rings. The molecule has 1 N–H and O–H groups in total. The molecule has 0 radical (unpaired) electrons. The number of benzene rings is 2. The highest BCUT2D eigenvalue weighted by Gasteiger charge is 2.01. The molecule has 0 saturated heterocycles. The van der Waals surface area contributed by atoms with Gasteiger partial charge in [0.25, 0.3) is 0 Å². The molecule has 0 bridgehead atoms. The molecular formula is C16H15ClN2O. The van der Waals surface area contributed by atoms with E-state index >= 15 is 0 Å². The average Bonchev–Trinajstić information content (AvgIpc) is 2.48. The fourth-order valence-corrected chi connectivity index (χ4v) is 2.15. The van der Waals surface area contributed by atoms with Crippen molar-refractivity contribution in [2.24, 2.45) is 0 Å². The Hall–Kier alpha value is -2.02. The van der Waals surface area contributed by atoms with Crippen LogP contribution in [0, 0.1) is 11.3 Å². The molecule has 0 amide bonds. The molecule has 0 aliphatic rings. The summed E-state index contributed by atoms with van der Waals surface area (Å²) in [5.41, 5.74) is 2.92. The van der Waals surface area contributed by atoms with Gasteiger partial charge in [-0.2, -0.15) is 5.26 Å². The van der Waals surface area contributed by atoms with Gasteiger partial charge in [-0.05, 0) is 35.4 Å².